The van der Waals surface area contributed by atoms with E-state index in [9.17, 15) is 4.79 Å². The van der Waals surface area contributed by atoms with Crippen molar-refractivity contribution in [3.8, 4) is 0 Å². The van der Waals surface area contributed by atoms with Crippen LogP contribution in [0.1, 0.15) is 20.8 Å². The van der Waals surface area contributed by atoms with E-state index < -0.39 is 0 Å². The van der Waals surface area contributed by atoms with Gasteiger partial charge >= 0.3 is 5.97 Å². The fraction of sp³-hybridized carbons (Fsp3) is 0.214. The van der Waals surface area contributed by atoms with Crippen LogP contribution in [0.5, 0.6) is 0 Å². The van der Waals surface area contributed by atoms with E-state index >= 15 is 0 Å². The van der Waals surface area contributed by atoms with E-state index in [4.69, 9.17) is 9.47 Å². The van der Waals surface area contributed by atoms with Crippen LogP contribution >= 0.6 is 11.3 Å². The highest BCUT2D eigenvalue weighted by Crippen LogP contribution is 2.14. The number of carbonyl (C=O) groups excluding carboxylic acids is 1. The van der Waals surface area contributed by atoms with Crippen molar-refractivity contribution in [2.75, 3.05) is 7.11 Å². The van der Waals surface area contributed by atoms with Crippen molar-refractivity contribution in [2.24, 2.45) is 0 Å². The second-order valence-electron chi connectivity index (χ2n) is 3.75. The second kappa shape index (κ2) is 6.33. The minimum Gasteiger partial charge on any atom is -0.456 e. The van der Waals surface area contributed by atoms with Crippen molar-refractivity contribution in [1.29, 1.82) is 0 Å². The van der Waals surface area contributed by atoms with Crippen molar-refractivity contribution in [3.05, 3.63) is 57.8 Å². The maximum absolute atomic E-state index is 12.0. The highest BCUT2D eigenvalue weighted by molar-refractivity contribution is 7.09. The summed E-state index contributed by atoms with van der Waals surface area (Å²) in [6.45, 7) is 0.724. The summed E-state index contributed by atoms with van der Waals surface area (Å²) in [4.78, 5) is 13.0. The molecular formula is C14H14O3S. The van der Waals surface area contributed by atoms with Gasteiger partial charge in [0.25, 0.3) is 0 Å². The number of methoxy groups -OCH3 is 1. The molecule has 0 amide bonds. The van der Waals surface area contributed by atoms with E-state index in [1.54, 1.807) is 24.5 Å². The van der Waals surface area contributed by atoms with E-state index in [1.807, 2.05) is 35.7 Å². The first-order valence-electron chi connectivity index (χ1n) is 5.57. The van der Waals surface area contributed by atoms with Crippen LogP contribution in [-0.2, 0) is 22.7 Å². The largest absolute Gasteiger partial charge is 0.456 e. The summed E-state index contributed by atoms with van der Waals surface area (Å²) < 4.78 is 10.3. The van der Waals surface area contributed by atoms with Gasteiger partial charge in [0.05, 0.1) is 12.2 Å². The van der Waals surface area contributed by atoms with Gasteiger partial charge in [0.2, 0.25) is 0 Å². The fourth-order valence-corrected chi connectivity index (χ4v) is 2.23. The molecule has 0 aliphatic carbocycles. The first-order chi connectivity index (χ1) is 8.81. The van der Waals surface area contributed by atoms with Gasteiger partial charge in [0.1, 0.15) is 6.61 Å². The van der Waals surface area contributed by atoms with Crippen molar-refractivity contribution < 1.29 is 14.3 Å². The molecule has 0 unspecified atom stereocenters. The van der Waals surface area contributed by atoms with Crippen LogP contribution < -0.4 is 0 Å². The van der Waals surface area contributed by atoms with Crippen molar-refractivity contribution in [1.82, 2.24) is 0 Å². The molecule has 0 N–H and O–H groups in total. The normalized spacial score (nSPS) is 10.3. The first kappa shape index (κ1) is 12.8. The average molecular weight is 262 g/mol. The topological polar surface area (TPSA) is 35.5 Å². The number of benzene rings is 1. The van der Waals surface area contributed by atoms with Gasteiger partial charge in [-0.25, -0.2) is 4.79 Å². The third-order valence-corrected chi connectivity index (χ3v) is 3.31. The van der Waals surface area contributed by atoms with E-state index in [2.05, 4.69) is 0 Å². The lowest BCUT2D eigenvalue weighted by Crippen LogP contribution is -2.08. The van der Waals surface area contributed by atoms with Crippen LogP contribution in [0.3, 0.4) is 0 Å². The summed E-state index contributed by atoms with van der Waals surface area (Å²) in [5.41, 5.74) is 1.41. The molecule has 2 rings (SSSR count). The number of esters is 1. The van der Waals surface area contributed by atoms with E-state index in [0.29, 0.717) is 18.8 Å². The molecule has 0 spiro atoms. The van der Waals surface area contributed by atoms with Gasteiger partial charge in [-0.05, 0) is 23.1 Å². The Morgan fingerprint density at radius 1 is 1.17 bits per heavy atom. The number of hydrogen-bond acceptors (Lipinski definition) is 4. The maximum Gasteiger partial charge on any atom is 0.338 e. The molecule has 0 aliphatic heterocycles. The monoisotopic (exact) mass is 262 g/mol. The number of hydrogen-bond donors (Lipinski definition) is 0. The molecule has 1 aromatic heterocycles. The standard InChI is InChI=1S/C14H14O3S/c1-16-9-11-5-2-3-7-13(11)14(15)17-10-12-6-4-8-18-12/h2-8H,9-10H2,1H3. The minimum atomic E-state index is -0.309. The maximum atomic E-state index is 12.0. The van der Waals surface area contributed by atoms with Crippen LogP contribution in [0.4, 0.5) is 0 Å². The molecule has 0 bridgehead atoms. The zero-order chi connectivity index (χ0) is 12.8. The van der Waals surface area contributed by atoms with Gasteiger partial charge in [0.15, 0.2) is 0 Å². The lowest BCUT2D eigenvalue weighted by atomic mass is 10.1. The summed E-state index contributed by atoms with van der Waals surface area (Å²) in [6, 6.07) is 11.2. The van der Waals surface area contributed by atoms with Crippen molar-refractivity contribution >= 4 is 17.3 Å². The Balaban J connectivity index is 2.04. The van der Waals surface area contributed by atoms with Crippen LogP contribution in [-0.4, -0.2) is 13.1 Å². The van der Waals surface area contributed by atoms with Crippen LogP contribution in [0.15, 0.2) is 41.8 Å². The highest BCUT2D eigenvalue weighted by atomic mass is 32.1. The lowest BCUT2D eigenvalue weighted by molar-refractivity contribution is 0.0472. The second-order valence-corrected chi connectivity index (χ2v) is 4.78. The third-order valence-electron chi connectivity index (χ3n) is 2.46. The summed E-state index contributed by atoms with van der Waals surface area (Å²) >= 11 is 1.57. The third kappa shape index (κ3) is 3.18. The average Bonchev–Trinajstić information content (AvgIpc) is 2.90. The molecule has 4 heteroatoms. The predicted molar refractivity (Wildman–Crippen MR) is 70.6 cm³/mol. The molecule has 0 radical (unpaired) electrons. The molecule has 18 heavy (non-hydrogen) atoms. The molecule has 0 fully saturated rings. The molecule has 0 saturated heterocycles. The Labute approximate surface area is 110 Å². The van der Waals surface area contributed by atoms with Crippen molar-refractivity contribution in [3.63, 3.8) is 0 Å². The zero-order valence-corrected chi connectivity index (χ0v) is 10.9. The molecule has 3 nitrogen and oxygen atoms in total. The number of ether oxygens (including phenoxy) is 2. The Morgan fingerprint density at radius 3 is 2.72 bits per heavy atom. The summed E-state index contributed by atoms with van der Waals surface area (Å²) in [7, 11) is 1.60. The fourth-order valence-electron chi connectivity index (χ4n) is 1.61. The summed E-state index contributed by atoms with van der Waals surface area (Å²) in [5, 5.41) is 1.96. The Kier molecular flexibility index (Phi) is 4.50. The molecule has 0 saturated carbocycles. The van der Waals surface area contributed by atoms with Gasteiger partial charge in [-0.15, -0.1) is 11.3 Å². The predicted octanol–water partition coefficient (Wildman–Crippen LogP) is 3.25. The smallest absolute Gasteiger partial charge is 0.338 e. The van der Waals surface area contributed by atoms with Crippen LogP contribution in [0.25, 0.3) is 0 Å². The van der Waals surface area contributed by atoms with E-state index in [-0.39, 0.29) is 5.97 Å². The van der Waals surface area contributed by atoms with Gasteiger partial charge in [-0.2, -0.15) is 0 Å². The molecule has 1 heterocycles. The zero-order valence-electron chi connectivity index (χ0n) is 10.1. The molecule has 1 aromatic carbocycles. The number of thiophene rings is 1. The SMILES string of the molecule is COCc1ccccc1C(=O)OCc1cccs1. The van der Waals surface area contributed by atoms with Gasteiger partial charge in [-0.1, -0.05) is 24.3 Å². The summed E-state index contributed by atoms with van der Waals surface area (Å²) in [6.07, 6.45) is 0. The Bertz CT molecular complexity index is 506. The quantitative estimate of drug-likeness (QED) is 0.776. The number of rotatable bonds is 5. The van der Waals surface area contributed by atoms with Gasteiger partial charge in [0, 0.05) is 12.0 Å². The summed E-state index contributed by atoms with van der Waals surface area (Å²) in [5.74, 6) is -0.309. The van der Waals surface area contributed by atoms with E-state index in [1.165, 1.54) is 0 Å². The minimum absolute atomic E-state index is 0.309. The van der Waals surface area contributed by atoms with Crippen LogP contribution in [0.2, 0.25) is 0 Å². The Morgan fingerprint density at radius 2 is 2.00 bits per heavy atom. The molecule has 0 atom stereocenters. The Hall–Kier alpha value is -1.65. The van der Waals surface area contributed by atoms with Gasteiger partial charge in [-0.3, -0.25) is 0 Å². The molecular weight excluding hydrogens is 248 g/mol. The van der Waals surface area contributed by atoms with Gasteiger partial charge < -0.3 is 9.47 Å². The van der Waals surface area contributed by atoms with E-state index in [0.717, 1.165) is 10.4 Å². The molecule has 0 aliphatic rings. The lowest BCUT2D eigenvalue weighted by Gasteiger charge is -2.08. The number of carbonyl (C=O) groups is 1. The first-order valence-corrected chi connectivity index (χ1v) is 6.45. The van der Waals surface area contributed by atoms with Crippen LogP contribution in [0, 0.1) is 0 Å². The molecule has 94 valence electrons. The van der Waals surface area contributed by atoms with Crippen molar-refractivity contribution in [2.45, 2.75) is 13.2 Å². The highest BCUT2D eigenvalue weighted by Gasteiger charge is 2.12. The molecule has 2 aromatic rings.